The zero-order valence-corrected chi connectivity index (χ0v) is 20.6. The molecular formula is C23H26N6O3S2. The van der Waals surface area contributed by atoms with Crippen LogP contribution in [0.2, 0.25) is 0 Å². The summed E-state index contributed by atoms with van der Waals surface area (Å²) in [5.41, 5.74) is 1.38. The highest BCUT2D eigenvalue weighted by atomic mass is 32.2. The van der Waals surface area contributed by atoms with Crippen LogP contribution in [0.1, 0.15) is 20.3 Å². The fourth-order valence-corrected chi connectivity index (χ4v) is 5.59. The van der Waals surface area contributed by atoms with E-state index in [-0.39, 0.29) is 23.0 Å². The van der Waals surface area contributed by atoms with Crippen LogP contribution in [0.25, 0.3) is 17.1 Å². The van der Waals surface area contributed by atoms with Gasteiger partial charge in [-0.05, 0) is 24.3 Å². The third kappa shape index (κ3) is 5.83. The molecule has 2 aromatic carbocycles. The monoisotopic (exact) mass is 498 g/mol. The number of hydrogen-bond acceptors (Lipinski definition) is 7. The van der Waals surface area contributed by atoms with Gasteiger partial charge in [-0.15, -0.1) is 10.2 Å². The minimum atomic E-state index is -3.64. The molecule has 0 radical (unpaired) electrons. The molecule has 1 amide bonds. The minimum absolute atomic E-state index is 0.104. The number of carbonyl (C=O) groups is 1. The van der Waals surface area contributed by atoms with Gasteiger partial charge < -0.3 is 5.32 Å². The molecule has 0 spiro atoms. The smallest absolute Gasteiger partial charge is 0.243 e. The van der Waals surface area contributed by atoms with Crippen molar-refractivity contribution in [2.75, 3.05) is 25.4 Å². The number of sulfonamides is 1. The Kier molecular flexibility index (Phi) is 8.81. The van der Waals surface area contributed by atoms with Crippen LogP contribution in [-0.2, 0) is 14.8 Å². The van der Waals surface area contributed by atoms with Crippen LogP contribution in [0.5, 0.6) is 0 Å². The average molecular weight is 499 g/mol. The van der Waals surface area contributed by atoms with E-state index in [1.807, 2.05) is 36.4 Å². The van der Waals surface area contributed by atoms with Crippen molar-refractivity contribution in [2.24, 2.45) is 0 Å². The van der Waals surface area contributed by atoms with Crippen molar-refractivity contribution in [1.29, 1.82) is 5.26 Å². The summed E-state index contributed by atoms with van der Waals surface area (Å²) in [6, 6.07) is 18.0. The zero-order chi connectivity index (χ0) is 24.6. The van der Waals surface area contributed by atoms with Crippen molar-refractivity contribution in [1.82, 2.24) is 24.4 Å². The van der Waals surface area contributed by atoms with Gasteiger partial charge in [-0.3, -0.25) is 9.36 Å². The third-order valence-electron chi connectivity index (χ3n) is 4.97. The normalized spacial score (nSPS) is 11.4. The number of hydrogen-bond donors (Lipinski definition) is 1. The molecular weight excluding hydrogens is 472 g/mol. The first-order valence-corrected chi connectivity index (χ1v) is 13.2. The molecule has 0 aliphatic carbocycles. The molecule has 0 saturated heterocycles. The highest BCUT2D eigenvalue weighted by Crippen LogP contribution is 2.29. The summed E-state index contributed by atoms with van der Waals surface area (Å²) in [5, 5.41) is 20.4. The Morgan fingerprint density at radius 1 is 1.12 bits per heavy atom. The van der Waals surface area contributed by atoms with Crippen LogP contribution in [0, 0.1) is 11.3 Å². The highest BCUT2D eigenvalue weighted by molar-refractivity contribution is 7.99. The molecule has 9 nitrogen and oxygen atoms in total. The van der Waals surface area contributed by atoms with E-state index in [9.17, 15) is 13.2 Å². The van der Waals surface area contributed by atoms with Crippen molar-refractivity contribution >= 4 is 27.7 Å². The number of nitrogens with one attached hydrogen (secondary N) is 1. The summed E-state index contributed by atoms with van der Waals surface area (Å²) in [7, 11) is -3.64. The van der Waals surface area contributed by atoms with Crippen molar-refractivity contribution in [3.8, 4) is 23.1 Å². The topological polar surface area (TPSA) is 121 Å². The van der Waals surface area contributed by atoms with E-state index in [1.165, 1.54) is 16.1 Å². The Labute approximate surface area is 203 Å². The molecule has 0 aliphatic rings. The molecule has 178 valence electrons. The number of para-hydroxylation sites is 1. The van der Waals surface area contributed by atoms with Crippen LogP contribution in [0.15, 0.2) is 64.6 Å². The lowest BCUT2D eigenvalue weighted by molar-refractivity contribution is -0.118. The van der Waals surface area contributed by atoms with Crippen molar-refractivity contribution < 1.29 is 13.2 Å². The van der Waals surface area contributed by atoms with Gasteiger partial charge in [0.05, 0.1) is 23.1 Å². The van der Waals surface area contributed by atoms with Gasteiger partial charge in [0.1, 0.15) is 0 Å². The number of aromatic nitrogens is 3. The Bertz CT molecular complexity index is 1270. The summed E-state index contributed by atoms with van der Waals surface area (Å²) < 4.78 is 29.3. The largest absolute Gasteiger partial charge is 0.354 e. The predicted molar refractivity (Wildman–Crippen MR) is 131 cm³/mol. The second-order valence-electron chi connectivity index (χ2n) is 7.14. The number of carbonyl (C=O) groups excluding carboxylic acids is 1. The molecule has 11 heteroatoms. The summed E-state index contributed by atoms with van der Waals surface area (Å²) >= 11 is 1.21. The second-order valence-corrected chi connectivity index (χ2v) is 10.0. The number of amides is 1. The number of nitriles is 1. The highest BCUT2D eigenvalue weighted by Gasteiger charge is 2.23. The summed E-state index contributed by atoms with van der Waals surface area (Å²) in [5.74, 6) is 0.360. The van der Waals surface area contributed by atoms with E-state index in [4.69, 9.17) is 5.26 Å². The maximum Gasteiger partial charge on any atom is 0.243 e. The second kappa shape index (κ2) is 11.8. The molecule has 34 heavy (non-hydrogen) atoms. The molecule has 0 unspecified atom stereocenters. The van der Waals surface area contributed by atoms with Gasteiger partial charge in [0, 0.05) is 30.9 Å². The molecule has 0 saturated carbocycles. The Hall–Kier alpha value is -3.20. The molecule has 0 aliphatic heterocycles. The molecule has 1 heterocycles. The SMILES string of the molecule is CCN(CC)S(=O)(=O)c1cccc(-c2nnc(SCC(=O)NCCC#N)n2-c2ccccc2)c1. The molecule has 1 aromatic heterocycles. The van der Waals surface area contributed by atoms with E-state index in [1.54, 1.807) is 42.7 Å². The van der Waals surface area contributed by atoms with E-state index in [0.29, 0.717) is 36.2 Å². The first kappa shape index (κ1) is 25.4. The minimum Gasteiger partial charge on any atom is -0.354 e. The first-order chi connectivity index (χ1) is 16.4. The number of nitrogens with zero attached hydrogens (tertiary/aromatic N) is 5. The summed E-state index contributed by atoms with van der Waals surface area (Å²) in [4.78, 5) is 12.3. The van der Waals surface area contributed by atoms with Crippen molar-refractivity contribution in [2.45, 2.75) is 30.3 Å². The molecule has 0 fully saturated rings. The number of thioether (sulfide) groups is 1. The van der Waals surface area contributed by atoms with E-state index < -0.39 is 10.0 Å². The van der Waals surface area contributed by atoms with Crippen LogP contribution in [-0.4, -0.2) is 58.8 Å². The van der Waals surface area contributed by atoms with Crippen molar-refractivity contribution in [3.63, 3.8) is 0 Å². The van der Waals surface area contributed by atoms with Gasteiger partial charge in [-0.1, -0.05) is 55.9 Å². The molecule has 0 bridgehead atoms. The van der Waals surface area contributed by atoms with Gasteiger partial charge >= 0.3 is 0 Å². The van der Waals surface area contributed by atoms with Crippen LogP contribution in [0.3, 0.4) is 0 Å². The fraction of sp³-hybridized carbons (Fsp3) is 0.304. The molecule has 0 atom stereocenters. The van der Waals surface area contributed by atoms with E-state index in [0.717, 1.165) is 5.69 Å². The fourth-order valence-electron chi connectivity index (χ4n) is 3.31. The standard InChI is InChI=1S/C23H26N6O3S2/c1-3-28(4-2)34(31,32)20-13-8-10-18(16-20)22-26-27-23(29(22)19-11-6-5-7-12-19)33-17-21(30)25-15-9-14-24/h5-8,10-13,16H,3-4,9,15,17H2,1-2H3,(H,25,30). The lowest BCUT2D eigenvalue weighted by Crippen LogP contribution is -2.30. The van der Waals surface area contributed by atoms with Gasteiger partial charge in [-0.25, -0.2) is 8.42 Å². The third-order valence-corrected chi connectivity index (χ3v) is 7.95. The van der Waals surface area contributed by atoms with Gasteiger partial charge in [0.2, 0.25) is 15.9 Å². The number of rotatable bonds is 11. The molecule has 1 N–H and O–H groups in total. The van der Waals surface area contributed by atoms with Crippen LogP contribution >= 0.6 is 11.8 Å². The Balaban J connectivity index is 1.98. The van der Waals surface area contributed by atoms with Gasteiger partial charge in [-0.2, -0.15) is 9.57 Å². The van der Waals surface area contributed by atoms with E-state index in [2.05, 4.69) is 15.5 Å². The van der Waals surface area contributed by atoms with Crippen LogP contribution in [0.4, 0.5) is 0 Å². The zero-order valence-electron chi connectivity index (χ0n) is 19.0. The first-order valence-electron chi connectivity index (χ1n) is 10.8. The summed E-state index contributed by atoms with van der Waals surface area (Å²) in [6.07, 6.45) is 0.244. The quantitative estimate of drug-likeness (QED) is 0.318. The van der Waals surface area contributed by atoms with Gasteiger partial charge in [0.25, 0.3) is 0 Å². The van der Waals surface area contributed by atoms with E-state index >= 15 is 0 Å². The predicted octanol–water partition coefficient (Wildman–Crippen LogP) is 3.09. The average Bonchev–Trinajstić information content (AvgIpc) is 3.28. The maximum atomic E-state index is 13.0. The lowest BCUT2D eigenvalue weighted by Gasteiger charge is -2.19. The summed E-state index contributed by atoms with van der Waals surface area (Å²) in [6.45, 7) is 4.65. The molecule has 3 aromatic rings. The molecule has 3 rings (SSSR count). The lowest BCUT2D eigenvalue weighted by atomic mass is 10.2. The Morgan fingerprint density at radius 2 is 1.85 bits per heavy atom. The Morgan fingerprint density at radius 3 is 2.53 bits per heavy atom. The van der Waals surface area contributed by atoms with Crippen molar-refractivity contribution in [3.05, 3.63) is 54.6 Å². The van der Waals surface area contributed by atoms with Gasteiger partial charge in [0.15, 0.2) is 11.0 Å². The number of benzene rings is 2. The van der Waals surface area contributed by atoms with Crippen LogP contribution < -0.4 is 5.32 Å². The maximum absolute atomic E-state index is 13.0.